The van der Waals surface area contributed by atoms with Crippen LogP contribution >= 0.6 is 39.1 Å². The Kier molecular flexibility index (Phi) is 7.84. The van der Waals surface area contributed by atoms with Crippen LogP contribution in [0.4, 0.5) is 0 Å². The standard InChI is InChI=1S/C23H22BrCl2NO2/c1-15(16-7-4-3-5-8-16)27-13-17-19(24)11-12-22(28-2)23(17)29-14-18-20(25)9-6-10-21(18)26/h3-12,15,27H,13-14H2,1-2H3. The highest BCUT2D eigenvalue weighted by molar-refractivity contribution is 9.10. The average Bonchev–Trinajstić information content (AvgIpc) is 2.73. The highest BCUT2D eigenvalue weighted by Gasteiger charge is 2.17. The zero-order chi connectivity index (χ0) is 20.8. The first-order valence-corrected chi connectivity index (χ1v) is 10.8. The van der Waals surface area contributed by atoms with Crippen LogP contribution < -0.4 is 14.8 Å². The van der Waals surface area contributed by atoms with Crippen LogP contribution in [0.1, 0.15) is 29.7 Å². The van der Waals surface area contributed by atoms with Crippen molar-refractivity contribution in [3.63, 3.8) is 0 Å². The molecule has 0 amide bonds. The van der Waals surface area contributed by atoms with Crippen molar-refractivity contribution in [2.75, 3.05) is 7.11 Å². The molecule has 1 N–H and O–H groups in total. The Balaban J connectivity index is 1.83. The summed E-state index contributed by atoms with van der Waals surface area (Å²) in [5.41, 5.74) is 2.93. The molecule has 3 nitrogen and oxygen atoms in total. The van der Waals surface area contributed by atoms with Crippen molar-refractivity contribution in [2.45, 2.75) is 26.1 Å². The lowest BCUT2D eigenvalue weighted by molar-refractivity contribution is 0.280. The maximum Gasteiger partial charge on any atom is 0.167 e. The highest BCUT2D eigenvalue weighted by Crippen LogP contribution is 2.38. The summed E-state index contributed by atoms with van der Waals surface area (Å²) in [6.45, 7) is 2.97. The number of nitrogens with one attached hydrogen (secondary N) is 1. The molecule has 0 aliphatic heterocycles. The number of benzene rings is 3. The van der Waals surface area contributed by atoms with Crippen LogP contribution in [0.2, 0.25) is 10.0 Å². The Labute approximate surface area is 190 Å². The van der Waals surface area contributed by atoms with E-state index in [9.17, 15) is 0 Å². The Morgan fingerprint density at radius 3 is 2.28 bits per heavy atom. The predicted octanol–water partition coefficient (Wildman–Crippen LogP) is 7.19. The lowest BCUT2D eigenvalue weighted by Gasteiger charge is -2.20. The molecule has 0 aliphatic rings. The molecular formula is C23H22BrCl2NO2. The van der Waals surface area contributed by atoms with E-state index in [0.29, 0.717) is 28.1 Å². The van der Waals surface area contributed by atoms with Crippen LogP contribution in [0, 0.1) is 0 Å². The smallest absolute Gasteiger partial charge is 0.167 e. The van der Waals surface area contributed by atoms with E-state index >= 15 is 0 Å². The SMILES string of the molecule is COc1ccc(Br)c(CNC(C)c2ccccc2)c1OCc1c(Cl)cccc1Cl. The van der Waals surface area contributed by atoms with Crippen LogP contribution in [0.3, 0.4) is 0 Å². The molecule has 152 valence electrons. The fourth-order valence-electron chi connectivity index (χ4n) is 3.00. The molecule has 3 aromatic carbocycles. The van der Waals surface area contributed by atoms with E-state index in [-0.39, 0.29) is 12.6 Å². The molecule has 6 heteroatoms. The largest absolute Gasteiger partial charge is 0.493 e. The summed E-state index contributed by atoms with van der Waals surface area (Å²) in [4.78, 5) is 0. The summed E-state index contributed by atoms with van der Waals surface area (Å²) in [6.07, 6.45) is 0. The quantitative estimate of drug-likeness (QED) is 0.359. The average molecular weight is 495 g/mol. The molecule has 0 saturated carbocycles. The number of rotatable bonds is 8. The monoisotopic (exact) mass is 493 g/mol. The van der Waals surface area contributed by atoms with Gasteiger partial charge >= 0.3 is 0 Å². The van der Waals surface area contributed by atoms with Crippen molar-refractivity contribution < 1.29 is 9.47 Å². The summed E-state index contributed by atoms with van der Waals surface area (Å²) in [5.74, 6) is 1.31. The van der Waals surface area contributed by atoms with E-state index in [2.05, 4.69) is 40.3 Å². The summed E-state index contributed by atoms with van der Waals surface area (Å²) in [6, 6.07) is 19.7. The van der Waals surface area contributed by atoms with Crippen molar-refractivity contribution in [3.05, 3.63) is 91.9 Å². The first-order valence-electron chi connectivity index (χ1n) is 9.20. The topological polar surface area (TPSA) is 30.5 Å². The minimum atomic E-state index is 0.181. The zero-order valence-electron chi connectivity index (χ0n) is 16.2. The van der Waals surface area contributed by atoms with Crippen molar-refractivity contribution in [1.29, 1.82) is 0 Å². The maximum absolute atomic E-state index is 6.29. The van der Waals surface area contributed by atoms with E-state index in [1.54, 1.807) is 19.2 Å². The minimum absolute atomic E-state index is 0.181. The van der Waals surface area contributed by atoms with Gasteiger partial charge in [-0.25, -0.2) is 0 Å². The number of hydrogen-bond donors (Lipinski definition) is 1. The van der Waals surface area contributed by atoms with Gasteiger partial charge in [0, 0.05) is 38.2 Å². The molecule has 3 rings (SSSR count). The van der Waals surface area contributed by atoms with Gasteiger partial charge in [-0.1, -0.05) is 75.5 Å². The van der Waals surface area contributed by atoms with Crippen molar-refractivity contribution in [1.82, 2.24) is 5.32 Å². The van der Waals surface area contributed by atoms with Gasteiger partial charge in [0.05, 0.1) is 7.11 Å². The van der Waals surface area contributed by atoms with E-state index in [1.165, 1.54) is 5.56 Å². The van der Waals surface area contributed by atoms with Gasteiger partial charge < -0.3 is 14.8 Å². The summed E-state index contributed by atoms with van der Waals surface area (Å²) in [7, 11) is 1.63. The lowest BCUT2D eigenvalue weighted by Crippen LogP contribution is -2.19. The Bertz CT molecular complexity index is 946. The van der Waals surface area contributed by atoms with Crippen molar-refractivity contribution in [2.24, 2.45) is 0 Å². The molecule has 0 aliphatic carbocycles. The zero-order valence-corrected chi connectivity index (χ0v) is 19.3. The molecule has 0 aromatic heterocycles. The van der Waals surface area contributed by atoms with E-state index in [4.69, 9.17) is 32.7 Å². The Morgan fingerprint density at radius 2 is 1.62 bits per heavy atom. The fraction of sp³-hybridized carbons (Fsp3) is 0.217. The molecule has 0 saturated heterocycles. The molecular weight excluding hydrogens is 473 g/mol. The molecule has 1 atom stereocenters. The van der Waals surface area contributed by atoms with Crippen LogP contribution in [0.15, 0.2) is 65.1 Å². The fourth-order valence-corrected chi connectivity index (χ4v) is 3.95. The Hall–Kier alpha value is -1.72. The van der Waals surface area contributed by atoms with Gasteiger partial charge in [-0.3, -0.25) is 0 Å². The number of methoxy groups -OCH3 is 1. The molecule has 1 unspecified atom stereocenters. The molecule has 0 spiro atoms. The van der Waals surface area contributed by atoms with Gasteiger partial charge in [0.15, 0.2) is 11.5 Å². The number of halogens is 3. The lowest BCUT2D eigenvalue weighted by atomic mass is 10.1. The maximum atomic E-state index is 6.29. The Morgan fingerprint density at radius 1 is 0.931 bits per heavy atom. The van der Waals surface area contributed by atoms with Crippen LogP contribution in [-0.4, -0.2) is 7.11 Å². The first kappa shape index (κ1) is 22.0. The summed E-state index contributed by atoms with van der Waals surface area (Å²) >= 11 is 16.2. The first-order chi connectivity index (χ1) is 14.0. The molecule has 29 heavy (non-hydrogen) atoms. The second-order valence-electron chi connectivity index (χ2n) is 6.56. The molecule has 0 bridgehead atoms. The van der Waals surface area contributed by atoms with Crippen molar-refractivity contribution in [3.8, 4) is 11.5 Å². The predicted molar refractivity (Wildman–Crippen MR) is 123 cm³/mol. The van der Waals surface area contributed by atoms with E-state index < -0.39 is 0 Å². The summed E-state index contributed by atoms with van der Waals surface area (Å²) in [5, 5.41) is 4.70. The van der Waals surface area contributed by atoms with Crippen LogP contribution in [0.25, 0.3) is 0 Å². The van der Waals surface area contributed by atoms with E-state index in [1.807, 2.05) is 36.4 Å². The van der Waals surface area contributed by atoms with Gasteiger partial charge in [0.25, 0.3) is 0 Å². The molecule has 0 heterocycles. The van der Waals surface area contributed by atoms with Crippen LogP contribution in [0.5, 0.6) is 11.5 Å². The van der Waals surface area contributed by atoms with Gasteiger partial charge in [0.2, 0.25) is 0 Å². The van der Waals surface area contributed by atoms with Crippen molar-refractivity contribution >= 4 is 39.1 Å². The third-order valence-corrected chi connectivity index (χ3v) is 6.15. The summed E-state index contributed by atoms with van der Waals surface area (Å²) < 4.78 is 12.6. The normalized spacial score (nSPS) is 11.9. The van der Waals surface area contributed by atoms with Gasteiger partial charge in [-0.15, -0.1) is 0 Å². The molecule has 0 radical (unpaired) electrons. The minimum Gasteiger partial charge on any atom is -0.493 e. The van der Waals surface area contributed by atoms with E-state index in [0.717, 1.165) is 15.6 Å². The molecule has 3 aromatic rings. The number of hydrogen-bond acceptors (Lipinski definition) is 3. The second-order valence-corrected chi connectivity index (χ2v) is 8.23. The highest BCUT2D eigenvalue weighted by atomic mass is 79.9. The third kappa shape index (κ3) is 5.46. The van der Waals surface area contributed by atoms with Gasteiger partial charge in [-0.05, 0) is 36.8 Å². The second kappa shape index (κ2) is 10.4. The van der Waals surface area contributed by atoms with Gasteiger partial charge in [-0.2, -0.15) is 0 Å². The van der Waals surface area contributed by atoms with Gasteiger partial charge in [0.1, 0.15) is 6.61 Å². The molecule has 0 fully saturated rings. The van der Waals surface area contributed by atoms with Crippen LogP contribution in [-0.2, 0) is 13.2 Å². The third-order valence-electron chi connectivity index (χ3n) is 4.69. The number of ether oxygens (including phenoxy) is 2.